The largest absolute Gasteiger partial charge is 0.329 e. The molecule has 0 spiro atoms. The first kappa shape index (κ1) is 12.6. The van der Waals surface area contributed by atoms with Crippen LogP contribution in [0.25, 0.3) is 0 Å². The van der Waals surface area contributed by atoms with E-state index in [2.05, 4.69) is 4.72 Å². The van der Waals surface area contributed by atoms with Crippen molar-refractivity contribution >= 4 is 21.4 Å². The van der Waals surface area contributed by atoms with Crippen LogP contribution in [0.3, 0.4) is 0 Å². The van der Waals surface area contributed by atoms with E-state index in [1.165, 1.54) is 11.3 Å². The summed E-state index contributed by atoms with van der Waals surface area (Å²) in [5.74, 6) is 0. The average molecular weight is 248 g/mol. The first-order chi connectivity index (χ1) is 6.99. The summed E-state index contributed by atoms with van der Waals surface area (Å²) in [6, 6.07) is 3.24. The van der Waals surface area contributed by atoms with E-state index in [0.29, 0.717) is 10.8 Å². The van der Waals surface area contributed by atoms with Crippen LogP contribution in [0.15, 0.2) is 16.3 Å². The van der Waals surface area contributed by atoms with E-state index in [4.69, 9.17) is 5.73 Å². The third kappa shape index (κ3) is 3.27. The molecule has 0 aliphatic heterocycles. The molecule has 0 amide bonds. The number of thiophene rings is 1. The molecule has 1 aromatic heterocycles. The van der Waals surface area contributed by atoms with Gasteiger partial charge < -0.3 is 5.73 Å². The Bertz CT molecular complexity index is 412. The fourth-order valence-electron chi connectivity index (χ4n) is 1.06. The van der Waals surface area contributed by atoms with Gasteiger partial charge in [-0.15, -0.1) is 11.3 Å². The van der Waals surface area contributed by atoms with E-state index in [-0.39, 0.29) is 6.04 Å². The minimum absolute atomic E-state index is 0.234. The number of hydrogen-bond acceptors (Lipinski definition) is 4. The molecule has 0 aliphatic rings. The van der Waals surface area contributed by atoms with Crippen LogP contribution in [0.2, 0.25) is 0 Å². The summed E-state index contributed by atoms with van der Waals surface area (Å²) >= 11 is 1.30. The molecule has 15 heavy (non-hydrogen) atoms. The molecule has 0 saturated carbocycles. The maximum Gasteiger partial charge on any atom is 0.250 e. The number of nitrogens with two attached hydrogens (primary N) is 1. The van der Waals surface area contributed by atoms with E-state index in [9.17, 15) is 8.42 Å². The lowest BCUT2D eigenvalue weighted by molar-refractivity contribution is 0.564. The van der Waals surface area contributed by atoms with E-state index in [1.807, 2.05) is 13.0 Å². The van der Waals surface area contributed by atoms with Gasteiger partial charge in [-0.1, -0.05) is 6.92 Å². The lowest BCUT2D eigenvalue weighted by Gasteiger charge is -2.10. The second-order valence-corrected chi connectivity index (χ2v) is 6.44. The van der Waals surface area contributed by atoms with Gasteiger partial charge in [0.1, 0.15) is 4.21 Å². The number of hydrogen-bond donors (Lipinski definition) is 2. The quantitative estimate of drug-likeness (QED) is 0.814. The number of nitrogens with one attached hydrogen (secondary N) is 1. The molecule has 0 radical (unpaired) electrons. The molecule has 0 unspecified atom stereocenters. The average Bonchev–Trinajstić information content (AvgIpc) is 2.65. The zero-order valence-corrected chi connectivity index (χ0v) is 10.5. The van der Waals surface area contributed by atoms with Crippen LogP contribution in [0.1, 0.15) is 18.7 Å². The van der Waals surface area contributed by atoms with Crippen molar-refractivity contribution < 1.29 is 8.42 Å². The third-order valence-electron chi connectivity index (χ3n) is 1.96. The Morgan fingerprint density at radius 3 is 2.67 bits per heavy atom. The Labute approximate surface area is 94.5 Å². The van der Waals surface area contributed by atoms with Gasteiger partial charge in [0.2, 0.25) is 10.0 Å². The SMILES string of the molecule is CCc1ccc(S(=O)(=O)N[C@H](C)CN)s1. The van der Waals surface area contributed by atoms with E-state index < -0.39 is 10.0 Å². The highest BCUT2D eigenvalue weighted by Crippen LogP contribution is 2.21. The fraction of sp³-hybridized carbons (Fsp3) is 0.556. The second kappa shape index (κ2) is 5.07. The molecular formula is C9H16N2O2S2. The molecule has 0 saturated heterocycles. The van der Waals surface area contributed by atoms with Crippen molar-refractivity contribution in [2.75, 3.05) is 6.54 Å². The summed E-state index contributed by atoms with van der Waals surface area (Å²) in [4.78, 5) is 1.07. The van der Waals surface area contributed by atoms with Gasteiger partial charge in [-0.25, -0.2) is 13.1 Å². The lowest BCUT2D eigenvalue weighted by atomic mass is 10.4. The van der Waals surface area contributed by atoms with Crippen LogP contribution >= 0.6 is 11.3 Å². The highest BCUT2D eigenvalue weighted by atomic mass is 32.2. The van der Waals surface area contributed by atoms with Crippen LogP contribution in [0, 0.1) is 0 Å². The molecule has 0 aliphatic carbocycles. The standard InChI is InChI=1S/C9H16N2O2S2/c1-3-8-4-5-9(14-8)15(12,13)11-7(2)6-10/h4-5,7,11H,3,6,10H2,1-2H3/t7-/m1/s1. The van der Waals surface area contributed by atoms with Crippen LogP contribution in [0.4, 0.5) is 0 Å². The molecule has 1 atom stereocenters. The zero-order chi connectivity index (χ0) is 11.5. The molecule has 0 bridgehead atoms. The predicted octanol–water partition coefficient (Wildman–Crippen LogP) is 0.936. The number of rotatable bonds is 5. The van der Waals surface area contributed by atoms with Crippen molar-refractivity contribution in [2.45, 2.75) is 30.5 Å². The minimum atomic E-state index is -3.37. The molecule has 1 rings (SSSR count). The molecular weight excluding hydrogens is 232 g/mol. The first-order valence-corrected chi connectivity index (χ1v) is 7.10. The monoisotopic (exact) mass is 248 g/mol. The second-order valence-electron chi connectivity index (χ2n) is 3.33. The summed E-state index contributed by atoms with van der Waals surface area (Å²) in [6.45, 7) is 4.04. The lowest BCUT2D eigenvalue weighted by Crippen LogP contribution is -2.37. The molecule has 1 heterocycles. The third-order valence-corrected chi connectivity index (χ3v) is 5.27. The van der Waals surface area contributed by atoms with Crippen molar-refractivity contribution in [1.82, 2.24) is 4.72 Å². The Morgan fingerprint density at radius 2 is 2.20 bits per heavy atom. The van der Waals surface area contributed by atoms with Gasteiger partial charge in [-0.3, -0.25) is 0 Å². The van der Waals surface area contributed by atoms with Crippen molar-refractivity contribution in [3.8, 4) is 0 Å². The van der Waals surface area contributed by atoms with Gasteiger partial charge in [0.15, 0.2) is 0 Å². The Balaban J connectivity index is 2.86. The summed E-state index contributed by atoms with van der Waals surface area (Å²) in [6.07, 6.45) is 0.854. The number of aryl methyl sites for hydroxylation is 1. The van der Waals surface area contributed by atoms with E-state index in [0.717, 1.165) is 11.3 Å². The van der Waals surface area contributed by atoms with E-state index >= 15 is 0 Å². The van der Waals surface area contributed by atoms with Crippen molar-refractivity contribution in [3.63, 3.8) is 0 Å². The van der Waals surface area contributed by atoms with Gasteiger partial charge in [0.05, 0.1) is 0 Å². The summed E-state index contributed by atoms with van der Waals surface area (Å²) in [7, 11) is -3.37. The summed E-state index contributed by atoms with van der Waals surface area (Å²) < 4.78 is 26.4. The van der Waals surface area contributed by atoms with Crippen molar-refractivity contribution in [2.24, 2.45) is 5.73 Å². The topological polar surface area (TPSA) is 72.2 Å². The highest BCUT2D eigenvalue weighted by molar-refractivity contribution is 7.91. The summed E-state index contributed by atoms with van der Waals surface area (Å²) in [5.41, 5.74) is 5.37. The normalized spacial score (nSPS) is 14.1. The molecule has 4 nitrogen and oxygen atoms in total. The van der Waals surface area contributed by atoms with Crippen molar-refractivity contribution in [3.05, 3.63) is 17.0 Å². The Kier molecular flexibility index (Phi) is 4.27. The van der Waals surface area contributed by atoms with Gasteiger partial charge in [0.25, 0.3) is 0 Å². The Morgan fingerprint density at radius 1 is 1.53 bits per heavy atom. The zero-order valence-electron chi connectivity index (χ0n) is 8.86. The van der Waals surface area contributed by atoms with Gasteiger partial charge in [0, 0.05) is 17.5 Å². The van der Waals surface area contributed by atoms with Crippen LogP contribution in [0.5, 0.6) is 0 Å². The number of sulfonamides is 1. The van der Waals surface area contributed by atoms with Crippen LogP contribution in [-0.4, -0.2) is 21.0 Å². The fourth-order valence-corrected chi connectivity index (χ4v) is 3.63. The Hall–Kier alpha value is -0.430. The van der Waals surface area contributed by atoms with Gasteiger partial charge in [-0.2, -0.15) is 0 Å². The molecule has 1 aromatic rings. The highest BCUT2D eigenvalue weighted by Gasteiger charge is 2.18. The predicted molar refractivity (Wildman–Crippen MR) is 62.5 cm³/mol. The first-order valence-electron chi connectivity index (χ1n) is 4.80. The van der Waals surface area contributed by atoms with Crippen molar-refractivity contribution in [1.29, 1.82) is 0 Å². The molecule has 86 valence electrons. The van der Waals surface area contributed by atoms with E-state index in [1.54, 1.807) is 13.0 Å². The minimum Gasteiger partial charge on any atom is -0.329 e. The molecule has 0 aromatic carbocycles. The molecule has 6 heteroatoms. The smallest absolute Gasteiger partial charge is 0.250 e. The van der Waals surface area contributed by atoms with Crippen LogP contribution in [-0.2, 0) is 16.4 Å². The van der Waals surface area contributed by atoms with Crippen LogP contribution < -0.4 is 10.5 Å². The van der Waals surface area contributed by atoms with Gasteiger partial charge in [-0.05, 0) is 25.5 Å². The maximum absolute atomic E-state index is 11.8. The molecule has 0 fully saturated rings. The maximum atomic E-state index is 11.8. The summed E-state index contributed by atoms with van der Waals surface area (Å²) in [5, 5.41) is 0. The molecule has 3 N–H and O–H groups in total. The van der Waals surface area contributed by atoms with Gasteiger partial charge >= 0.3 is 0 Å².